The van der Waals surface area contributed by atoms with Crippen LogP contribution in [0.3, 0.4) is 0 Å². The molecule has 0 saturated heterocycles. The van der Waals surface area contributed by atoms with Crippen molar-refractivity contribution in [2.45, 2.75) is 31.4 Å². The van der Waals surface area contributed by atoms with Crippen LogP contribution in [0.5, 0.6) is 0 Å². The van der Waals surface area contributed by atoms with Crippen LogP contribution in [0.15, 0.2) is 71.9 Å². The van der Waals surface area contributed by atoms with Gasteiger partial charge in [0, 0.05) is 30.8 Å². The zero-order chi connectivity index (χ0) is 30.1. The Morgan fingerprint density at radius 3 is 2.52 bits per heavy atom. The van der Waals surface area contributed by atoms with Crippen molar-refractivity contribution in [3.63, 3.8) is 0 Å². The number of nitrogens with zero attached hydrogens (tertiary/aromatic N) is 2. The predicted molar refractivity (Wildman–Crippen MR) is 167 cm³/mol. The summed E-state index contributed by atoms with van der Waals surface area (Å²) in [5, 5.41) is 19.3. The average Bonchev–Trinajstić information content (AvgIpc) is 3.52. The SMILES string of the molecule is Cl.O=C(O)c1ccc(NC(=O)[C@@H]2c3cccc(C4=CCNCC4)c3CCN2C(=O)C2CC(c3cccc(Cl)c3F)=NO2)cc1. The van der Waals surface area contributed by atoms with Crippen molar-refractivity contribution in [3.05, 3.63) is 105 Å². The average molecular weight is 640 g/mol. The molecular formula is C32H29Cl2FN4O5. The largest absolute Gasteiger partial charge is 0.478 e. The van der Waals surface area contributed by atoms with Gasteiger partial charge in [-0.25, -0.2) is 9.18 Å². The Balaban J connectivity index is 0.00000384. The molecule has 12 heteroatoms. The third-order valence-electron chi connectivity index (χ3n) is 7.97. The van der Waals surface area contributed by atoms with Gasteiger partial charge in [-0.15, -0.1) is 12.4 Å². The number of fused-ring (bicyclic) bond motifs is 1. The second-order valence-electron chi connectivity index (χ2n) is 10.6. The molecule has 0 spiro atoms. The molecule has 0 bridgehead atoms. The number of rotatable bonds is 6. The number of aromatic carboxylic acids is 1. The Morgan fingerprint density at radius 2 is 1.80 bits per heavy atom. The van der Waals surface area contributed by atoms with Gasteiger partial charge in [-0.1, -0.05) is 47.1 Å². The number of carbonyl (C=O) groups excluding carboxylic acids is 2. The van der Waals surface area contributed by atoms with Gasteiger partial charge < -0.3 is 25.5 Å². The normalized spacial score (nSPS) is 19.1. The smallest absolute Gasteiger partial charge is 0.335 e. The van der Waals surface area contributed by atoms with E-state index in [9.17, 15) is 23.9 Å². The zero-order valence-corrected chi connectivity index (χ0v) is 25.0. The number of anilines is 1. The van der Waals surface area contributed by atoms with Crippen molar-refractivity contribution >= 4 is 58.8 Å². The van der Waals surface area contributed by atoms with Crippen LogP contribution in [0, 0.1) is 5.82 Å². The van der Waals surface area contributed by atoms with E-state index < -0.39 is 35.7 Å². The molecular weight excluding hydrogens is 610 g/mol. The molecule has 3 aromatic carbocycles. The van der Waals surface area contributed by atoms with Crippen LogP contribution in [0.25, 0.3) is 5.57 Å². The van der Waals surface area contributed by atoms with Gasteiger partial charge in [0.25, 0.3) is 11.8 Å². The molecule has 3 heterocycles. The lowest BCUT2D eigenvalue weighted by Gasteiger charge is -2.38. The highest BCUT2D eigenvalue weighted by Gasteiger charge is 2.42. The van der Waals surface area contributed by atoms with Gasteiger partial charge >= 0.3 is 5.97 Å². The van der Waals surface area contributed by atoms with E-state index in [1.54, 1.807) is 6.07 Å². The number of carboxylic acids is 1. The van der Waals surface area contributed by atoms with Crippen molar-refractivity contribution < 1.29 is 28.7 Å². The van der Waals surface area contributed by atoms with Crippen LogP contribution in [0.1, 0.15) is 51.5 Å². The Morgan fingerprint density at radius 1 is 1.05 bits per heavy atom. The van der Waals surface area contributed by atoms with E-state index in [0.717, 1.165) is 30.6 Å². The molecule has 0 fully saturated rings. The Bertz CT molecular complexity index is 1680. The minimum Gasteiger partial charge on any atom is -0.478 e. The molecule has 0 aromatic heterocycles. The molecule has 3 aliphatic rings. The number of halogens is 3. The molecule has 3 aromatic rings. The molecule has 2 atom stereocenters. The third-order valence-corrected chi connectivity index (χ3v) is 8.26. The summed E-state index contributed by atoms with van der Waals surface area (Å²) in [4.78, 5) is 46.2. The van der Waals surface area contributed by atoms with E-state index in [4.69, 9.17) is 16.4 Å². The van der Waals surface area contributed by atoms with Crippen molar-refractivity contribution in [2.75, 3.05) is 25.0 Å². The second kappa shape index (κ2) is 13.2. The van der Waals surface area contributed by atoms with Crippen LogP contribution >= 0.6 is 24.0 Å². The van der Waals surface area contributed by atoms with Gasteiger partial charge in [0.2, 0.25) is 6.10 Å². The molecule has 3 N–H and O–H groups in total. The van der Waals surface area contributed by atoms with Crippen molar-refractivity contribution in [3.8, 4) is 0 Å². The quantitative estimate of drug-likeness (QED) is 0.340. The Hall–Kier alpha value is -4.25. The molecule has 2 amide bonds. The fraction of sp³-hybridized carbons (Fsp3) is 0.250. The number of nitrogens with one attached hydrogen (secondary N) is 2. The minimum absolute atomic E-state index is 0. The van der Waals surface area contributed by atoms with Crippen LogP contribution in [0.4, 0.5) is 10.1 Å². The first-order valence-corrected chi connectivity index (χ1v) is 14.3. The highest BCUT2D eigenvalue weighted by Crippen LogP contribution is 2.37. The lowest BCUT2D eigenvalue weighted by Crippen LogP contribution is -2.49. The van der Waals surface area contributed by atoms with Crippen LogP contribution in [0.2, 0.25) is 5.02 Å². The molecule has 9 nitrogen and oxygen atoms in total. The predicted octanol–water partition coefficient (Wildman–Crippen LogP) is 5.23. The summed E-state index contributed by atoms with van der Waals surface area (Å²) in [7, 11) is 0. The molecule has 0 aliphatic carbocycles. The topological polar surface area (TPSA) is 120 Å². The van der Waals surface area contributed by atoms with E-state index in [0.29, 0.717) is 17.7 Å². The van der Waals surface area contributed by atoms with Gasteiger partial charge in [0.15, 0.2) is 5.82 Å². The maximum atomic E-state index is 14.7. The monoisotopic (exact) mass is 638 g/mol. The highest BCUT2D eigenvalue weighted by molar-refractivity contribution is 6.31. The third kappa shape index (κ3) is 6.06. The standard InChI is InChI=1S/C32H28ClFN4O5.ClH/c33-25-6-2-5-24(28(25)34)26-17-27(43-37-26)31(40)38-16-13-22-21(18-11-14-35-15-12-18)3-1-4-23(22)29(38)30(39)36-20-9-7-19(8-10-20)32(41)42;/h1-11,27,29,35H,12-17H2,(H,36,39)(H,41,42);1H/t27?,29-;/m0./s1. The summed E-state index contributed by atoms with van der Waals surface area (Å²) < 4.78 is 14.7. The van der Waals surface area contributed by atoms with E-state index in [1.807, 2.05) is 18.2 Å². The molecule has 44 heavy (non-hydrogen) atoms. The molecule has 6 rings (SSSR count). The number of hydrogen-bond donors (Lipinski definition) is 3. The van der Waals surface area contributed by atoms with E-state index in [-0.39, 0.29) is 47.2 Å². The first-order chi connectivity index (χ1) is 20.8. The van der Waals surface area contributed by atoms with Gasteiger partial charge in [-0.05, 0) is 78.0 Å². The number of amides is 2. The summed E-state index contributed by atoms with van der Waals surface area (Å²) in [6.45, 7) is 1.87. The highest BCUT2D eigenvalue weighted by atomic mass is 35.5. The number of carbonyl (C=O) groups is 3. The zero-order valence-electron chi connectivity index (χ0n) is 23.4. The Labute approximate surface area is 264 Å². The first kappa shape index (κ1) is 31.2. The van der Waals surface area contributed by atoms with Crippen LogP contribution in [-0.2, 0) is 20.8 Å². The first-order valence-electron chi connectivity index (χ1n) is 14.0. The molecule has 228 valence electrons. The number of hydrogen-bond acceptors (Lipinski definition) is 6. The Kier molecular flexibility index (Phi) is 9.33. The van der Waals surface area contributed by atoms with Crippen molar-refractivity contribution in [1.82, 2.24) is 10.2 Å². The summed E-state index contributed by atoms with van der Waals surface area (Å²) >= 11 is 5.95. The molecule has 0 saturated carbocycles. The molecule has 3 aliphatic heterocycles. The minimum atomic E-state index is -1.08. The maximum Gasteiger partial charge on any atom is 0.335 e. The number of benzene rings is 3. The lowest BCUT2D eigenvalue weighted by atomic mass is 9.84. The van der Waals surface area contributed by atoms with Gasteiger partial charge in [0.1, 0.15) is 6.04 Å². The molecule has 0 radical (unpaired) electrons. The fourth-order valence-corrected chi connectivity index (χ4v) is 6.02. The summed E-state index contributed by atoms with van der Waals surface area (Å²) in [5.41, 5.74) is 4.87. The van der Waals surface area contributed by atoms with Gasteiger partial charge in [-0.2, -0.15) is 0 Å². The summed E-state index contributed by atoms with van der Waals surface area (Å²) in [5.74, 6) is -2.61. The van der Waals surface area contributed by atoms with E-state index >= 15 is 0 Å². The summed E-state index contributed by atoms with van der Waals surface area (Å²) in [6, 6.07) is 15.2. The molecule has 1 unspecified atom stereocenters. The van der Waals surface area contributed by atoms with Crippen LogP contribution in [-0.4, -0.2) is 59.2 Å². The van der Waals surface area contributed by atoms with E-state index in [1.165, 1.54) is 46.9 Å². The van der Waals surface area contributed by atoms with Crippen molar-refractivity contribution in [2.24, 2.45) is 5.16 Å². The maximum absolute atomic E-state index is 14.7. The van der Waals surface area contributed by atoms with Crippen molar-refractivity contribution in [1.29, 1.82) is 0 Å². The summed E-state index contributed by atoms with van der Waals surface area (Å²) in [6.07, 6.45) is 2.50. The fourth-order valence-electron chi connectivity index (χ4n) is 5.84. The van der Waals surface area contributed by atoms with Gasteiger partial charge in [-0.3, -0.25) is 9.59 Å². The van der Waals surface area contributed by atoms with Gasteiger partial charge in [0.05, 0.1) is 16.3 Å². The number of carboxylic acid groups (broad SMARTS) is 1. The lowest BCUT2D eigenvalue weighted by molar-refractivity contribution is -0.148. The second-order valence-corrected chi connectivity index (χ2v) is 11.0. The number of oxime groups is 1. The van der Waals surface area contributed by atoms with E-state index in [2.05, 4.69) is 21.9 Å². The van der Waals surface area contributed by atoms with Crippen LogP contribution < -0.4 is 10.6 Å².